The molecule has 8 nitrogen and oxygen atoms in total. The Morgan fingerprint density at radius 2 is 2.25 bits per heavy atom. The normalized spacial score (nSPS) is 21.5. The molecule has 0 aromatic rings. The number of nitrogens with two attached hydrogens (primary N) is 4. The van der Waals surface area contributed by atoms with Crippen LogP contribution in [0.3, 0.4) is 0 Å². The zero-order valence-corrected chi connectivity index (χ0v) is 6.91. The third kappa shape index (κ3) is 3.38. The van der Waals surface area contributed by atoms with Crippen molar-refractivity contribution in [2.24, 2.45) is 23.2 Å². The summed E-state index contributed by atoms with van der Waals surface area (Å²) in [7, 11) is 0. The SMILES string of the molecule is CC(N)C(N)(C[NH+](N)[O-])NON. The molecular weight excluding hydrogens is 164 g/mol. The van der Waals surface area contributed by atoms with E-state index in [9.17, 15) is 5.21 Å². The third-order valence-electron chi connectivity index (χ3n) is 1.53. The molecule has 0 aliphatic rings. The van der Waals surface area contributed by atoms with Crippen LogP contribution in [0.4, 0.5) is 0 Å². The number of hydroxylamine groups is 2. The molecule has 74 valence electrons. The fraction of sp³-hybridized carbons (Fsp3) is 1.00. The van der Waals surface area contributed by atoms with Crippen LogP contribution in [0.25, 0.3) is 0 Å². The summed E-state index contributed by atoms with van der Waals surface area (Å²) in [4.78, 5) is 4.11. The highest BCUT2D eigenvalue weighted by atomic mass is 16.8. The summed E-state index contributed by atoms with van der Waals surface area (Å²) in [5.41, 5.74) is 12.1. The number of rotatable bonds is 5. The molecule has 0 amide bonds. The molecule has 0 spiro atoms. The lowest BCUT2D eigenvalue weighted by Crippen LogP contribution is -3.16. The lowest BCUT2D eigenvalue weighted by atomic mass is 10.1. The second-order valence-corrected chi connectivity index (χ2v) is 2.69. The number of hydrogen-bond donors (Lipinski definition) is 6. The first kappa shape index (κ1) is 11.7. The van der Waals surface area contributed by atoms with E-state index in [0.29, 0.717) is 0 Å². The molecule has 0 rings (SSSR count). The van der Waals surface area contributed by atoms with E-state index in [4.69, 9.17) is 23.2 Å². The maximum absolute atomic E-state index is 10.5. The van der Waals surface area contributed by atoms with E-state index in [0.717, 1.165) is 0 Å². The van der Waals surface area contributed by atoms with Crippen LogP contribution in [0.1, 0.15) is 6.92 Å². The Bertz CT molecular complexity index is 131. The minimum absolute atomic E-state index is 0.151. The van der Waals surface area contributed by atoms with Gasteiger partial charge in [0.2, 0.25) is 0 Å². The summed E-state index contributed by atoms with van der Waals surface area (Å²) in [6.07, 6.45) is 0. The molecule has 0 saturated carbocycles. The van der Waals surface area contributed by atoms with E-state index in [-0.39, 0.29) is 6.54 Å². The first-order valence-electron chi connectivity index (χ1n) is 3.38. The van der Waals surface area contributed by atoms with Crippen LogP contribution >= 0.6 is 0 Å². The first-order chi connectivity index (χ1) is 5.42. The number of nitrogens with one attached hydrogen (secondary N) is 2. The summed E-state index contributed by atoms with van der Waals surface area (Å²) in [6.45, 7) is 1.46. The van der Waals surface area contributed by atoms with E-state index >= 15 is 0 Å². The van der Waals surface area contributed by atoms with Gasteiger partial charge in [-0.2, -0.15) is 17.2 Å². The van der Waals surface area contributed by atoms with Gasteiger partial charge in [-0.3, -0.25) is 5.17 Å². The fourth-order valence-corrected chi connectivity index (χ4v) is 0.688. The standard InChI is InChI=1S/C4H16N6O2/c1-3(5)4(6,9-12-8)2-10(7)11/h3,9-10H,2,5-8H2,1H3. The van der Waals surface area contributed by atoms with Crippen LogP contribution in [0.15, 0.2) is 0 Å². The molecule has 0 aliphatic carbocycles. The fourth-order valence-electron chi connectivity index (χ4n) is 0.688. The van der Waals surface area contributed by atoms with E-state index in [1.54, 1.807) is 6.92 Å². The van der Waals surface area contributed by atoms with Crippen LogP contribution in [0.2, 0.25) is 0 Å². The van der Waals surface area contributed by atoms with Crippen molar-refractivity contribution in [1.82, 2.24) is 5.48 Å². The molecule has 0 bridgehead atoms. The maximum atomic E-state index is 10.5. The van der Waals surface area contributed by atoms with Crippen molar-refractivity contribution in [3.63, 3.8) is 0 Å². The van der Waals surface area contributed by atoms with Crippen molar-refractivity contribution in [3.8, 4) is 0 Å². The van der Waals surface area contributed by atoms with Crippen molar-refractivity contribution in [2.45, 2.75) is 18.6 Å². The van der Waals surface area contributed by atoms with Crippen LogP contribution in [0, 0.1) is 5.21 Å². The minimum atomic E-state index is -1.22. The van der Waals surface area contributed by atoms with Crippen molar-refractivity contribution in [2.75, 3.05) is 6.54 Å². The molecule has 10 N–H and O–H groups in total. The highest BCUT2D eigenvalue weighted by Crippen LogP contribution is 1.96. The molecule has 3 atom stereocenters. The second kappa shape index (κ2) is 4.64. The van der Waals surface area contributed by atoms with Crippen LogP contribution < -0.4 is 33.9 Å². The second-order valence-electron chi connectivity index (χ2n) is 2.69. The van der Waals surface area contributed by atoms with Crippen molar-refractivity contribution < 1.29 is 10.1 Å². The molecule has 0 saturated heterocycles. The van der Waals surface area contributed by atoms with E-state index in [1.165, 1.54) is 0 Å². The predicted molar refractivity (Wildman–Crippen MR) is 42.4 cm³/mol. The molecule has 0 fully saturated rings. The topological polar surface area (TPSA) is 153 Å². The summed E-state index contributed by atoms with van der Waals surface area (Å²) in [5, 5.41) is 9.96. The lowest BCUT2D eigenvalue weighted by Gasteiger charge is -2.34. The van der Waals surface area contributed by atoms with Gasteiger partial charge in [0.25, 0.3) is 0 Å². The zero-order valence-electron chi connectivity index (χ0n) is 6.91. The molecule has 0 heterocycles. The van der Waals surface area contributed by atoms with Gasteiger partial charge in [-0.05, 0) is 6.92 Å². The van der Waals surface area contributed by atoms with Gasteiger partial charge in [0, 0.05) is 6.04 Å². The van der Waals surface area contributed by atoms with Gasteiger partial charge < -0.3 is 16.7 Å². The predicted octanol–water partition coefficient (Wildman–Crippen LogP) is -4.36. The molecule has 3 unspecified atom stereocenters. The molecule has 0 aromatic carbocycles. The van der Waals surface area contributed by atoms with Gasteiger partial charge in [0.1, 0.15) is 6.54 Å². The van der Waals surface area contributed by atoms with Gasteiger partial charge in [-0.15, -0.1) is 0 Å². The summed E-state index contributed by atoms with van der Waals surface area (Å²) in [6, 6.07) is -0.520. The van der Waals surface area contributed by atoms with E-state index in [1.807, 2.05) is 0 Å². The third-order valence-corrected chi connectivity index (χ3v) is 1.53. The van der Waals surface area contributed by atoms with E-state index in [2.05, 4.69) is 10.4 Å². The Hall–Kier alpha value is -0.320. The smallest absolute Gasteiger partial charge is 0.158 e. The average Bonchev–Trinajstić information content (AvgIpc) is 1.85. The summed E-state index contributed by atoms with van der Waals surface area (Å²) >= 11 is 0. The largest absolute Gasteiger partial charge is 0.613 e. The van der Waals surface area contributed by atoms with Crippen molar-refractivity contribution >= 4 is 0 Å². The van der Waals surface area contributed by atoms with Crippen molar-refractivity contribution in [3.05, 3.63) is 5.21 Å². The Labute approximate surface area is 70.2 Å². The highest BCUT2D eigenvalue weighted by molar-refractivity contribution is 4.85. The molecular formula is C4H16N6O2. The first-order valence-corrected chi connectivity index (χ1v) is 3.38. The Morgan fingerprint density at radius 1 is 1.75 bits per heavy atom. The van der Waals surface area contributed by atoms with Crippen LogP contribution in [-0.4, -0.2) is 18.2 Å². The molecule has 0 radical (unpaired) electrons. The highest BCUT2D eigenvalue weighted by Gasteiger charge is 2.32. The van der Waals surface area contributed by atoms with Crippen molar-refractivity contribution in [1.29, 1.82) is 0 Å². The van der Waals surface area contributed by atoms with Crippen LogP contribution in [0.5, 0.6) is 0 Å². The van der Waals surface area contributed by atoms with Gasteiger partial charge in [-0.25, -0.2) is 4.94 Å². The Morgan fingerprint density at radius 3 is 2.50 bits per heavy atom. The quantitative estimate of drug-likeness (QED) is 0.142. The Balaban J connectivity index is 4.18. The number of hydrogen-bond acceptors (Lipinski definition) is 7. The maximum Gasteiger partial charge on any atom is 0.158 e. The summed E-state index contributed by atoms with van der Waals surface area (Å²) < 4.78 is 0. The van der Waals surface area contributed by atoms with Gasteiger partial charge in [0.05, 0.1) is 0 Å². The summed E-state index contributed by atoms with van der Waals surface area (Å²) in [5.74, 6) is 9.67. The van der Waals surface area contributed by atoms with Gasteiger partial charge in [-0.1, -0.05) is 0 Å². The van der Waals surface area contributed by atoms with E-state index < -0.39 is 16.9 Å². The zero-order chi connectivity index (χ0) is 9.78. The molecule has 0 aliphatic heterocycles. The van der Waals surface area contributed by atoms with Gasteiger partial charge >= 0.3 is 0 Å². The Kier molecular flexibility index (Phi) is 4.52. The monoisotopic (exact) mass is 180 g/mol. The molecule has 12 heavy (non-hydrogen) atoms. The lowest BCUT2D eigenvalue weighted by molar-refractivity contribution is -0.866. The molecule has 8 heteroatoms. The number of quaternary nitrogens is 1. The molecule has 0 aromatic heterocycles. The van der Waals surface area contributed by atoms with Gasteiger partial charge in [0.15, 0.2) is 5.66 Å². The minimum Gasteiger partial charge on any atom is -0.613 e. The average molecular weight is 180 g/mol. The van der Waals surface area contributed by atoms with Crippen LogP contribution in [-0.2, 0) is 4.94 Å².